The van der Waals surface area contributed by atoms with Crippen molar-refractivity contribution in [2.24, 2.45) is 17.3 Å². The van der Waals surface area contributed by atoms with Crippen molar-refractivity contribution in [3.8, 4) is 0 Å². The molecule has 1 saturated carbocycles. The summed E-state index contributed by atoms with van der Waals surface area (Å²) in [6, 6.07) is 0. The first-order chi connectivity index (χ1) is 8.91. The molecule has 3 atom stereocenters. The van der Waals surface area contributed by atoms with Crippen LogP contribution in [0.25, 0.3) is 0 Å². The normalized spacial score (nSPS) is 40.5. The maximum Gasteiger partial charge on any atom is 0.270 e. The van der Waals surface area contributed by atoms with E-state index in [9.17, 15) is 13.0 Å². The minimum absolute atomic E-state index is 0.158. The molecule has 2 aliphatic rings. The van der Waals surface area contributed by atoms with Crippen LogP contribution in [-0.4, -0.2) is 31.4 Å². The standard InChI is InChI=1S/C14H26O4S/c1-3-11-7-12(4-2)9-14(8-11)5-6-18-10-13(14)19(15,16)17/h11-13H,3-10H2,1-2H3,(H,15,16,17). The fraction of sp³-hybridized carbons (Fsp3) is 1.00. The molecule has 2 fully saturated rings. The molecule has 2 rings (SSSR count). The van der Waals surface area contributed by atoms with Gasteiger partial charge in [-0.1, -0.05) is 26.7 Å². The first-order valence-electron chi connectivity index (χ1n) is 7.45. The van der Waals surface area contributed by atoms with Crippen molar-refractivity contribution < 1.29 is 17.7 Å². The van der Waals surface area contributed by atoms with Crippen molar-refractivity contribution in [1.82, 2.24) is 0 Å². The summed E-state index contributed by atoms with van der Waals surface area (Å²) in [4.78, 5) is 0. The summed E-state index contributed by atoms with van der Waals surface area (Å²) in [5.41, 5.74) is -0.258. The van der Waals surface area contributed by atoms with Crippen molar-refractivity contribution in [3.05, 3.63) is 0 Å². The average Bonchev–Trinajstić information content (AvgIpc) is 2.37. The Kier molecular flexibility index (Phi) is 4.58. The molecule has 1 saturated heterocycles. The first-order valence-corrected chi connectivity index (χ1v) is 8.95. The quantitative estimate of drug-likeness (QED) is 0.812. The van der Waals surface area contributed by atoms with E-state index in [0.717, 1.165) is 32.1 Å². The Bertz CT molecular complexity index is 392. The predicted molar refractivity (Wildman–Crippen MR) is 74.6 cm³/mol. The summed E-state index contributed by atoms with van der Waals surface area (Å²) in [7, 11) is -4.02. The third-order valence-corrected chi connectivity index (χ3v) is 6.62. The Labute approximate surface area is 116 Å². The third kappa shape index (κ3) is 3.14. The van der Waals surface area contributed by atoms with E-state index in [0.29, 0.717) is 18.4 Å². The van der Waals surface area contributed by atoms with E-state index in [1.54, 1.807) is 0 Å². The maximum absolute atomic E-state index is 11.7. The SMILES string of the molecule is CCC1CC(CC)CC2(CCOCC2S(=O)(=O)O)C1. The van der Waals surface area contributed by atoms with Gasteiger partial charge < -0.3 is 4.74 Å². The molecule has 0 aromatic carbocycles. The van der Waals surface area contributed by atoms with E-state index in [1.807, 2.05) is 0 Å². The monoisotopic (exact) mass is 290 g/mol. The lowest BCUT2D eigenvalue weighted by atomic mass is 9.61. The van der Waals surface area contributed by atoms with Crippen molar-refractivity contribution in [2.75, 3.05) is 13.2 Å². The molecule has 1 heterocycles. The van der Waals surface area contributed by atoms with E-state index in [4.69, 9.17) is 4.74 Å². The van der Waals surface area contributed by atoms with Crippen LogP contribution < -0.4 is 0 Å². The molecule has 112 valence electrons. The third-order valence-electron chi connectivity index (χ3n) is 5.27. The zero-order valence-electron chi connectivity index (χ0n) is 12.0. The van der Waals surface area contributed by atoms with Gasteiger partial charge in [0.1, 0.15) is 5.25 Å². The molecule has 3 unspecified atom stereocenters. The molecule has 19 heavy (non-hydrogen) atoms. The van der Waals surface area contributed by atoms with Crippen LogP contribution in [-0.2, 0) is 14.9 Å². The zero-order valence-corrected chi connectivity index (χ0v) is 12.8. The van der Waals surface area contributed by atoms with Gasteiger partial charge in [0.2, 0.25) is 0 Å². The molecular formula is C14H26O4S. The Morgan fingerprint density at radius 3 is 2.26 bits per heavy atom. The van der Waals surface area contributed by atoms with Gasteiger partial charge in [0, 0.05) is 6.61 Å². The van der Waals surface area contributed by atoms with E-state index in [1.165, 1.54) is 6.42 Å². The van der Waals surface area contributed by atoms with Crippen molar-refractivity contribution in [3.63, 3.8) is 0 Å². The largest absolute Gasteiger partial charge is 0.380 e. The van der Waals surface area contributed by atoms with Gasteiger partial charge in [-0.05, 0) is 42.9 Å². The molecule has 5 heteroatoms. The van der Waals surface area contributed by atoms with Gasteiger partial charge in [-0.2, -0.15) is 8.42 Å². The van der Waals surface area contributed by atoms with Gasteiger partial charge in [-0.25, -0.2) is 0 Å². The minimum atomic E-state index is -4.02. The fourth-order valence-corrected chi connectivity index (χ4v) is 5.38. The summed E-state index contributed by atoms with van der Waals surface area (Å²) in [5, 5.41) is -0.725. The molecular weight excluding hydrogens is 264 g/mol. The number of hydrogen-bond acceptors (Lipinski definition) is 3. The topological polar surface area (TPSA) is 63.6 Å². The number of rotatable bonds is 3. The molecule has 4 nitrogen and oxygen atoms in total. The molecule has 1 aliphatic heterocycles. The molecule has 0 aromatic rings. The molecule has 0 radical (unpaired) electrons. The van der Waals surface area contributed by atoms with Crippen molar-refractivity contribution >= 4 is 10.1 Å². The highest BCUT2D eigenvalue weighted by atomic mass is 32.2. The maximum atomic E-state index is 11.7. The second-order valence-electron chi connectivity index (χ2n) is 6.38. The summed E-state index contributed by atoms with van der Waals surface area (Å²) >= 11 is 0. The summed E-state index contributed by atoms with van der Waals surface area (Å²) in [6.45, 7) is 5.14. The number of ether oxygens (including phenoxy) is 1. The van der Waals surface area contributed by atoms with Crippen LogP contribution in [0.2, 0.25) is 0 Å². The zero-order chi connectivity index (χ0) is 14.1. The Morgan fingerprint density at radius 1 is 1.21 bits per heavy atom. The lowest BCUT2D eigenvalue weighted by Gasteiger charge is -2.49. The van der Waals surface area contributed by atoms with Crippen LogP contribution in [0.5, 0.6) is 0 Å². The van der Waals surface area contributed by atoms with Crippen LogP contribution in [0.4, 0.5) is 0 Å². The highest BCUT2D eigenvalue weighted by Crippen LogP contribution is 2.51. The van der Waals surface area contributed by atoms with E-state index < -0.39 is 15.4 Å². The van der Waals surface area contributed by atoms with Crippen molar-refractivity contribution in [1.29, 1.82) is 0 Å². The second-order valence-corrected chi connectivity index (χ2v) is 7.98. The Hall–Kier alpha value is -0.130. The molecule has 0 bridgehead atoms. The van der Waals surface area contributed by atoms with E-state index >= 15 is 0 Å². The van der Waals surface area contributed by atoms with Gasteiger partial charge in [0.25, 0.3) is 10.1 Å². The predicted octanol–water partition coefficient (Wildman–Crippen LogP) is 2.89. The minimum Gasteiger partial charge on any atom is -0.380 e. The lowest BCUT2D eigenvalue weighted by molar-refractivity contribution is -0.0309. The highest BCUT2D eigenvalue weighted by molar-refractivity contribution is 7.86. The summed E-state index contributed by atoms with van der Waals surface area (Å²) < 4.78 is 38.4. The van der Waals surface area contributed by atoms with Gasteiger partial charge in [0.15, 0.2) is 0 Å². The van der Waals surface area contributed by atoms with Gasteiger partial charge >= 0.3 is 0 Å². The molecule has 0 amide bonds. The first kappa shape index (κ1) is 15.3. The van der Waals surface area contributed by atoms with Crippen LogP contribution in [0, 0.1) is 17.3 Å². The Balaban J connectivity index is 2.30. The second kappa shape index (κ2) is 5.70. The summed E-state index contributed by atoms with van der Waals surface area (Å²) in [6.07, 6.45) is 6.01. The van der Waals surface area contributed by atoms with Gasteiger partial charge in [-0.15, -0.1) is 0 Å². The highest BCUT2D eigenvalue weighted by Gasteiger charge is 2.51. The Morgan fingerprint density at radius 2 is 1.79 bits per heavy atom. The molecule has 0 aromatic heterocycles. The average molecular weight is 290 g/mol. The van der Waals surface area contributed by atoms with Crippen molar-refractivity contribution in [2.45, 2.75) is 57.6 Å². The number of hydrogen-bond donors (Lipinski definition) is 1. The van der Waals surface area contributed by atoms with Crippen LogP contribution in [0.1, 0.15) is 52.4 Å². The van der Waals surface area contributed by atoms with Gasteiger partial charge in [0.05, 0.1) is 6.61 Å². The molecule has 1 aliphatic carbocycles. The molecule has 1 N–H and O–H groups in total. The lowest BCUT2D eigenvalue weighted by Crippen LogP contribution is -2.51. The van der Waals surface area contributed by atoms with Gasteiger partial charge in [-0.3, -0.25) is 4.55 Å². The fourth-order valence-electron chi connectivity index (χ4n) is 4.17. The van der Waals surface area contributed by atoms with E-state index in [2.05, 4.69) is 13.8 Å². The summed E-state index contributed by atoms with van der Waals surface area (Å²) in [5.74, 6) is 1.17. The van der Waals surface area contributed by atoms with Crippen LogP contribution in [0.15, 0.2) is 0 Å². The van der Waals surface area contributed by atoms with Crippen LogP contribution in [0.3, 0.4) is 0 Å². The smallest absolute Gasteiger partial charge is 0.270 e. The van der Waals surface area contributed by atoms with Crippen LogP contribution >= 0.6 is 0 Å². The van der Waals surface area contributed by atoms with E-state index in [-0.39, 0.29) is 12.0 Å². The molecule has 1 spiro atoms.